The third-order valence-corrected chi connectivity index (χ3v) is 2.45. The van der Waals surface area contributed by atoms with Gasteiger partial charge in [0, 0.05) is 11.6 Å². The lowest BCUT2D eigenvalue weighted by Gasteiger charge is -2.29. The minimum atomic E-state index is -1.10. The van der Waals surface area contributed by atoms with E-state index in [0.717, 1.165) is 5.56 Å². The van der Waals surface area contributed by atoms with Crippen LogP contribution in [0.1, 0.15) is 12.5 Å². The highest BCUT2D eigenvalue weighted by Gasteiger charge is 2.34. The van der Waals surface area contributed by atoms with Crippen LogP contribution >= 0.6 is 0 Å². The van der Waals surface area contributed by atoms with Crippen molar-refractivity contribution in [2.45, 2.75) is 12.6 Å². The zero-order chi connectivity index (χ0) is 12.1. The van der Waals surface area contributed by atoms with Gasteiger partial charge in [0.25, 0.3) is 11.7 Å². The Morgan fingerprint density at radius 1 is 1.35 bits per heavy atom. The number of rotatable bonds is 4. The summed E-state index contributed by atoms with van der Waals surface area (Å²) in [5, 5.41) is 3.60. The van der Waals surface area contributed by atoms with Gasteiger partial charge in [-0.1, -0.05) is 36.4 Å². The monoisotopic (exact) mass is 230 g/mol. The largest absolute Gasteiger partial charge is 0.466 e. The van der Waals surface area contributed by atoms with Crippen molar-refractivity contribution in [2.75, 3.05) is 6.61 Å². The molecule has 1 N–H and O–H groups in total. The molecule has 0 aromatic heterocycles. The summed E-state index contributed by atoms with van der Waals surface area (Å²) in [6.45, 7) is 2.40. The van der Waals surface area contributed by atoms with Crippen LogP contribution < -0.4 is 0 Å². The van der Waals surface area contributed by atoms with E-state index in [-0.39, 0.29) is 0 Å². The first-order valence-electron chi connectivity index (χ1n) is 5.46. The second kappa shape index (κ2) is 4.82. The maximum absolute atomic E-state index is 7.37. The number of allylic oxidation sites excluding steroid dienone is 2. The van der Waals surface area contributed by atoms with E-state index >= 15 is 0 Å². The van der Waals surface area contributed by atoms with Gasteiger partial charge in [-0.25, -0.2) is 5.53 Å². The van der Waals surface area contributed by atoms with Crippen molar-refractivity contribution < 1.29 is 9.47 Å². The van der Waals surface area contributed by atoms with Crippen LogP contribution in [0.5, 0.6) is 0 Å². The Labute approximate surface area is 100 Å². The van der Waals surface area contributed by atoms with Crippen LogP contribution in [0.15, 0.2) is 59.6 Å². The van der Waals surface area contributed by atoms with Gasteiger partial charge < -0.3 is 9.47 Å². The van der Waals surface area contributed by atoms with Gasteiger partial charge in [0.15, 0.2) is 0 Å². The van der Waals surface area contributed by atoms with Crippen LogP contribution in [-0.4, -0.2) is 6.61 Å². The normalized spacial score (nSPS) is 22.5. The van der Waals surface area contributed by atoms with E-state index < -0.39 is 5.72 Å². The van der Waals surface area contributed by atoms with E-state index in [4.69, 9.17) is 15.0 Å². The first-order chi connectivity index (χ1) is 8.30. The van der Waals surface area contributed by atoms with Gasteiger partial charge >= 0.3 is 0 Å². The Kier molecular flexibility index (Phi) is 3.23. The molecule has 0 saturated heterocycles. The summed E-state index contributed by atoms with van der Waals surface area (Å²) in [5.41, 5.74) is 7.08. The van der Waals surface area contributed by atoms with Crippen LogP contribution in [0.4, 0.5) is 0 Å². The number of nitrogens with zero attached hydrogens (tertiary/aromatic N) is 1. The average Bonchev–Trinajstić information content (AvgIpc) is 2.40. The van der Waals surface area contributed by atoms with E-state index in [1.54, 1.807) is 18.2 Å². The van der Waals surface area contributed by atoms with E-state index in [1.165, 1.54) is 0 Å². The molecule has 1 aliphatic rings. The highest BCUT2D eigenvalue weighted by molar-refractivity contribution is 5.30. The molecule has 4 nitrogen and oxygen atoms in total. The Bertz CT molecular complexity index is 454. The van der Waals surface area contributed by atoms with Gasteiger partial charge in [0.1, 0.15) is 0 Å². The maximum atomic E-state index is 7.37. The SMILES string of the molecule is CCOC1=CC=CC(N=N)(c2ccccc2)O1. The Balaban J connectivity index is 2.32. The van der Waals surface area contributed by atoms with E-state index in [9.17, 15) is 0 Å². The first kappa shape index (κ1) is 11.4. The number of ether oxygens (including phenoxy) is 2. The molecule has 0 radical (unpaired) electrons. The molecule has 1 aromatic carbocycles. The number of nitrogens with one attached hydrogen (secondary N) is 1. The molecule has 1 atom stereocenters. The van der Waals surface area contributed by atoms with E-state index in [2.05, 4.69) is 5.11 Å². The van der Waals surface area contributed by atoms with Crippen LogP contribution in [0.25, 0.3) is 0 Å². The minimum absolute atomic E-state index is 0.384. The highest BCUT2D eigenvalue weighted by Crippen LogP contribution is 2.34. The average molecular weight is 230 g/mol. The van der Waals surface area contributed by atoms with Crippen molar-refractivity contribution in [3.8, 4) is 0 Å². The van der Waals surface area contributed by atoms with Crippen LogP contribution in [0.2, 0.25) is 0 Å². The Morgan fingerprint density at radius 3 is 2.76 bits per heavy atom. The molecule has 0 spiro atoms. The second-order valence-electron chi connectivity index (χ2n) is 3.55. The third kappa shape index (κ3) is 2.20. The maximum Gasteiger partial charge on any atom is 0.281 e. The molecular weight excluding hydrogens is 216 g/mol. The summed E-state index contributed by atoms with van der Waals surface area (Å²) < 4.78 is 11.0. The van der Waals surface area contributed by atoms with E-state index in [0.29, 0.717) is 12.6 Å². The van der Waals surface area contributed by atoms with Crippen LogP contribution in [0.3, 0.4) is 0 Å². The fourth-order valence-electron chi connectivity index (χ4n) is 1.66. The van der Waals surface area contributed by atoms with Crippen molar-refractivity contribution in [2.24, 2.45) is 5.11 Å². The predicted molar refractivity (Wildman–Crippen MR) is 63.2 cm³/mol. The molecule has 0 aliphatic carbocycles. The summed E-state index contributed by atoms with van der Waals surface area (Å²) in [4.78, 5) is 0. The van der Waals surface area contributed by atoms with Gasteiger partial charge in [0.05, 0.1) is 6.61 Å². The summed E-state index contributed by atoms with van der Waals surface area (Å²) in [5.74, 6) is 0.384. The second-order valence-corrected chi connectivity index (χ2v) is 3.55. The fraction of sp³-hybridized carbons (Fsp3) is 0.231. The highest BCUT2D eigenvalue weighted by atomic mass is 16.7. The van der Waals surface area contributed by atoms with Crippen molar-refractivity contribution in [1.29, 1.82) is 5.53 Å². The predicted octanol–water partition coefficient (Wildman–Crippen LogP) is 3.33. The topological polar surface area (TPSA) is 54.7 Å². The number of hydrogen-bond donors (Lipinski definition) is 1. The molecule has 0 bridgehead atoms. The van der Waals surface area contributed by atoms with Crippen molar-refractivity contribution in [1.82, 2.24) is 0 Å². The molecule has 17 heavy (non-hydrogen) atoms. The van der Waals surface area contributed by atoms with Gasteiger partial charge in [-0.2, -0.15) is 0 Å². The Morgan fingerprint density at radius 2 is 2.12 bits per heavy atom. The summed E-state index contributed by atoms with van der Waals surface area (Å²) >= 11 is 0. The molecule has 0 amide bonds. The molecule has 1 aliphatic heterocycles. The minimum Gasteiger partial charge on any atom is -0.466 e. The molecule has 0 saturated carbocycles. The molecule has 88 valence electrons. The molecular formula is C13H14N2O2. The molecule has 2 rings (SSSR count). The van der Waals surface area contributed by atoms with E-state index in [1.807, 2.05) is 37.3 Å². The summed E-state index contributed by atoms with van der Waals surface area (Å²) in [7, 11) is 0. The molecule has 0 fully saturated rings. The first-order valence-corrected chi connectivity index (χ1v) is 5.46. The summed E-state index contributed by atoms with van der Waals surface area (Å²) in [6.07, 6.45) is 5.24. The lowest BCUT2D eigenvalue weighted by atomic mass is 10.0. The zero-order valence-corrected chi connectivity index (χ0v) is 9.59. The van der Waals surface area contributed by atoms with Crippen LogP contribution in [0, 0.1) is 5.53 Å². The molecule has 4 heteroatoms. The third-order valence-electron chi connectivity index (χ3n) is 2.45. The standard InChI is InChI=1S/C13H14N2O2/c1-2-16-12-9-6-10-13(15-14,17-12)11-7-4-3-5-8-11/h3-10,14H,2H2,1H3. The summed E-state index contributed by atoms with van der Waals surface area (Å²) in [6, 6.07) is 9.43. The van der Waals surface area contributed by atoms with Gasteiger partial charge in [0.2, 0.25) is 0 Å². The zero-order valence-electron chi connectivity index (χ0n) is 9.59. The smallest absolute Gasteiger partial charge is 0.281 e. The molecule has 1 aromatic rings. The van der Waals surface area contributed by atoms with Gasteiger partial charge in [-0.3, -0.25) is 0 Å². The molecule has 1 heterocycles. The number of benzene rings is 1. The van der Waals surface area contributed by atoms with Gasteiger partial charge in [-0.05, 0) is 13.0 Å². The quantitative estimate of drug-likeness (QED) is 0.806. The van der Waals surface area contributed by atoms with Crippen LogP contribution in [-0.2, 0) is 15.2 Å². The molecule has 1 unspecified atom stereocenters. The van der Waals surface area contributed by atoms with Crippen molar-refractivity contribution in [3.05, 3.63) is 60.1 Å². The van der Waals surface area contributed by atoms with Crippen molar-refractivity contribution >= 4 is 0 Å². The lowest BCUT2D eigenvalue weighted by Crippen LogP contribution is -2.26. The van der Waals surface area contributed by atoms with Crippen molar-refractivity contribution in [3.63, 3.8) is 0 Å². The number of hydrogen-bond acceptors (Lipinski definition) is 4. The fourth-order valence-corrected chi connectivity index (χ4v) is 1.66. The lowest BCUT2D eigenvalue weighted by molar-refractivity contribution is -0.0523. The van der Waals surface area contributed by atoms with Gasteiger partial charge in [-0.15, -0.1) is 5.11 Å². The Hall–Kier alpha value is -2.10.